The van der Waals surface area contributed by atoms with Crippen LogP contribution in [0.2, 0.25) is 0 Å². The molecule has 2 nitrogen and oxygen atoms in total. The van der Waals surface area contributed by atoms with E-state index in [9.17, 15) is 5.11 Å². The van der Waals surface area contributed by atoms with E-state index >= 15 is 0 Å². The highest BCUT2D eigenvalue weighted by Gasteiger charge is 2.20. The normalized spacial score (nSPS) is 28.7. The van der Waals surface area contributed by atoms with Gasteiger partial charge in [-0.2, -0.15) is 0 Å². The van der Waals surface area contributed by atoms with Crippen molar-refractivity contribution >= 4 is 0 Å². The summed E-state index contributed by atoms with van der Waals surface area (Å²) in [4.78, 5) is 0. The largest absolute Gasteiger partial charge is 0.393 e. The zero-order chi connectivity index (χ0) is 9.10. The van der Waals surface area contributed by atoms with Crippen LogP contribution in [0.4, 0.5) is 0 Å². The summed E-state index contributed by atoms with van der Waals surface area (Å²) in [6.07, 6.45) is 1.58. The number of aliphatic hydroxyl groups excluding tert-OH is 1. The Bertz CT molecular complexity index is 260. The van der Waals surface area contributed by atoms with Crippen molar-refractivity contribution in [1.82, 2.24) is 5.32 Å². The van der Waals surface area contributed by atoms with Crippen molar-refractivity contribution in [2.24, 2.45) is 0 Å². The van der Waals surface area contributed by atoms with Crippen LogP contribution in [0.5, 0.6) is 0 Å². The minimum atomic E-state index is -0.133. The van der Waals surface area contributed by atoms with Crippen molar-refractivity contribution < 1.29 is 5.11 Å². The summed E-state index contributed by atoms with van der Waals surface area (Å²) in [5.41, 5.74) is 1.28. The van der Waals surface area contributed by atoms with Crippen LogP contribution in [0.1, 0.15) is 24.4 Å². The third kappa shape index (κ3) is 2.08. The summed E-state index contributed by atoms with van der Waals surface area (Å²) in [6, 6.07) is 10.6. The second-order valence-corrected chi connectivity index (χ2v) is 3.60. The maximum Gasteiger partial charge on any atom is 0.0570 e. The Morgan fingerprint density at radius 2 is 2.00 bits per heavy atom. The minimum absolute atomic E-state index is 0.133. The molecular weight excluding hydrogens is 162 g/mol. The summed E-state index contributed by atoms with van der Waals surface area (Å²) in [5, 5.41) is 12.9. The second-order valence-electron chi connectivity index (χ2n) is 3.60. The maximum absolute atomic E-state index is 9.50. The third-order valence-electron chi connectivity index (χ3n) is 2.58. The van der Waals surface area contributed by atoms with Gasteiger partial charge in [0.25, 0.3) is 0 Å². The Morgan fingerprint density at radius 1 is 1.23 bits per heavy atom. The first-order valence-electron chi connectivity index (χ1n) is 4.82. The number of benzene rings is 1. The highest BCUT2D eigenvalue weighted by molar-refractivity contribution is 5.19. The molecule has 0 saturated carbocycles. The zero-order valence-corrected chi connectivity index (χ0v) is 7.61. The highest BCUT2D eigenvalue weighted by Crippen LogP contribution is 2.22. The van der Waals surface area contributed by atoms with Gasteiger partial charge in [-0.25, -0.2) is 0 Å². The Hall–Kier alpha value is -0.860. The molecule has 0 spiro atoms. The van der Waals surface area contributed by atoms with Crippen LogP contribution in [0.25, 0.3) is 0 Å². The van der Waals surface area contributed by atoms with Crippen molar-refractivity contribution in [3.63, 3.8) is 0 Å². The first kappa shape index (κ1) is 8.73. The van der Waals surface area contributed by atoms with E-state index in [0.29, 0.717) is 6.04 Å². The fourth-order valence-electron chi connectivity index (χ4n) is 1.84. The monoisotopic (exact) mass is 177 g/mol. The van der Waals surface area contributed by atoms with Crippen molar-refractivity contribution in [1.29, 1.82) is 0 Å². The van der Waals surface area contributed by atoms with Crippen LogP contribution in [0.3, 0.4) is 0 Å². The smallest absolute Gasteiger partial charge is 0.0570 e. The molecule has 1 aromatic carbocycles. The fraction of sp³-hybridized carbons (Fsp3) is 0.455. The number of piperidine rings is 1. The maximum atomic E-state index is 9.50. The third-order valence-corrected chi connectivity index (χ3v) is 2.58. The molecule has 2 rings (SSSR count). The summed E-state index contributed by atoms with van der Waals surface area (Å²) in [7, 11) is 0. The van der Waals surface area contributed by atoms with Gasteiger partial charge in [0.2, 0.25) is 0 Å². The molecule has 1 fully saturated rings. The second kappa shape index (κ2) is 3.90. The van der Waals surface area contributed by atoms with Crippen LogP contribution >= 0.6 is 0 Å². The van der Waals surface area contributed by atoms with E-state index in [2.05, 4.69) is 17.4 Å². The molecule has 0 amide bonds. The van der Waals surface area contributed by atoms with E-state index < -0.39 is 0 Å². The van der Waals surface area contributed by atoms with Gasteiger partial charge < -0.3 is 10.4 Å². The summed E-state index contributed by atoms with van der Waals surface area (Å²) in [6.45, 7) is 0.917. The molecule has 2 N–H and O–H groups in total. The van der Waals surface area contributed by atoms with Gasteiger partial charge in [0.05, 0.1) is 6.10 Å². The standard InChI is InChI=1S/C11H15NO/c13-10-6-7-12-11(8-10)9-4-2-1-3-5-9/h1-5,10-13H,6-8H2/t10-,11+/m1/s1. The quantitative estimate of drug-likeness (QED) is 0.681. The highest BCUT2D eigenvalue weighted by atomic mass is 16.3. The first-order valence-corrected chi connectivity index (χ1v) is 4.82. The molecule has 0 bridgehead atoms. The molecule has 1 heterocycles. The lowest BCUT2D eigenvalue weighted by Crippen LogP contribution is -2.34. The van der Waals surface area contributed by atoms with Crippen molar-refractivity contribution in [3.05, 3.63) is 35.9 Å². The topological polar surface area (TPSA) is 32.3 Å². The SMILES string of the molecule is O[C@@H]1CCN[C@H](c2ccccc2)C1. The van der Waals surface area contributed by atoms with Crippen LogP contribution in [-0.2, 0) is 0 Å². The predicted octanol–water partition coefficient (Wildman–Crippen LogP) is 1.47. The molecule has 2 atom stereocenters. The van der Waals surface area contributed by atoms with Gasteiger partial charge in [-0.1, -0.05) is 30.3 Å². The number of hydrogen-bond donors (Lipinski definition) is 2. The molecule has 0 unspecified atom stereocenters. The van der Waals surface area contributed by atoms with Crippen LogP contribution < -0.4 is 5.32 Å². The Morgan fingerprint density at radius 3 is 2.69 bits per heavy atom. The van der Waals surface area contributed by atoms with Gasteiger partial charge in [0, 0.05) is 6.04 Å². The van der Waals surface area contributed by atoms with E-state index in [1.165, 1.54) is 5.56 Å². The van der Waals surface area contributed by atoms with Crippen molar-refractivity contribution in [3.8, 4) is 0 Å². The number of nitrogens with one attached hydrogen (secondary N) is 1. The minimum Gasteiger partial charge on any atom is -0.393 e. The average Bonchev–Trinajstić information content (AvgIpc) is 2.19. The molecule has 70 valence electrons. The molecule has 1 aliphatic rings. The lowest BCUT2D eigenvalue weighted by Gasteiger charge is -2.27. The zero-order valence-electron chi connectivity index (χ0n) is 7.61. The lowest BCUT2D eigenvalue weighted by molar-refractivity contribution is 0.117. The molecule has 0 aliphatic carbocycles. The summed E-state index contributed by atoms with van der Waals surface area (Å²) >= 11 is 0. The van der Waals surface area contributed by atoms with Crippen molar-refractivity contribution in [2.75, 3.05) is 6.54 Å². The Kier molecular flexibility index (Phi) is 2.62. The molecule has 1 aromatic rings. The molecule has 0 radical (unpaired) electrons. The molecular formula is C11H15NO. The van der Waals surface area contributed by atoms with Gasteiger partial charge in [0.15, 0.2) is 0 Å². The van der Waals surface area contributed by atoms with E-state index in [-0.39, 0.29) is 6.10 Å². The first-order chi connectivity index (χ1) is 6.36. The van der Waals surface area contributed by atoms with Gasteiger partial charge >= 0.3 is 0 Å². The van der Waals surface area contributed by atoms with Crippen LogP contribution in [0.15, 0.2) is 30.3 Å². The number of hydrogen-bond acceptors (Lipinski definition) is 2. The molecule has 2 heteroatoms. The fourth-order valence-corrected chi connectivity index (χ4v) is 1.84. The Balaban J connectivity index is 2.08. The number of aliphatic hydroxyl groups is 1. The molecule has 13 heavy (non-hydrogen) atoms. The van der Waals surface area contributed by atoms with Gasteiger partial charge in [0.1, 0.15) is 0 Å². The van der Waals surface area contributed by atoms with Gasteiger partial charge in [-0.05, 0) is 24.9 Å². The van der Waals surface area contributed by atoms with Gasteiger partial charge in [-0.15, -0.1) is 0 Å². The van der Waals surface area contributed by atoms with E-state index in [1.807, 2.05) is 18.2 Å². The average molecular weight is 177 g/mol. The molecule has 1 aliphatic heterocycles. The van der Waals surface area contributed by atoms with Gasteiger partial charge in [-0.3, -0.25) is 0 Å². The lowest BCUT2D eigenvalue weighted by atomic mass is 9.96. The number of rotatable bonds is 1. The van der Waals surface area contributed by atoms with Crippen LogP contribution in [0, 0.1) is 0 Å². The van der Waals surface area contributed by atoms with Crippen LogP contribution in [-0.4, -0.2) is 17.8 Å². The Labute approximate surface area is 78.6 Å². The summed E-state index contributed by atoms with van der Waals surface area (Å²) in [5.74, 6) is 0. The van der Waals surface area contributed by atoms with Crippen molar-refractivity contribution in [2.45, 2.75) is 25.0 Å². The summed E-state index contributed by atoms with van der Waals surface area (Å²) < 4.78 is 0. The van der Waals surface area contributed by atoms with E-state index in [1.54, 1.807) is 0 Å². The molecule has 0 aromatic heterocycles. The van der Waals surface area contributed by atoms with E-state index in [0.717, 1.165) is 19.4 Å². The molecule has 1 saturated heterocycles. The van der Waals surface area contributed by atoms with E-state index in [4.69, 9.17) is 0 Å². The predicted molar refractivity (Wildman–Crippen MR) is 52.4 cm³/mol.